The number of aryl methyl sites for hydroxylation is 2. The van der Waals surface area contributed by atoms with Crippen LogP contribution in [0.1, 0.15) is 35.7 Å². The molecule has 1 aromatic heterocycles. The third-order valence-electron chi connectivity index (χ3n) is 8.12. The van der Waals surface area contributed by atoms with Gasteiger partial charge in [0.2, 0.25) is 17.7 Å². The van der Waals surface area contributed by atoms with Crippen LogP contribution in [0.3, 0.4) is 0 Å². The van der Waals surface area contributed by atoms with Gasteiger partial charge in [-0.2, -0.15) is 5.10 Å². The van der Waals surface area contributed by atoms with Gasteiger partial charge in [-0.3, -0.25) is 23.9 Å². The Morgan fingerprint density at radius 2 is 1.41 bits per heavy atom. The second kappa shape index (κ2) is 18.2. The van der Waals surface area contributed by atoms with Crippen molar-refractivity contribution in [1.82, 2.24) is 31.0 Å². The SMILES string of the molecule is COc1ccc(C[C@H](NC(=O)[C@H](C)NC(=O)CCc2ccnn2C)C(=O)NC(Cc2ccccc2)C(O)C(=O)NCc2ccccc2)cc1. The molecule has 0 spiro atoms. The van der Waals surface area contributed by atoms with Crippen LogP contribution in [0.2, 0.25) is 0 Å². The van der Waals surface area contributed by atoms with Crippen LogP contribution in [-0.4, -0.2) is 69.9 Å². The maximum atomic E-state index is 13.9. The van der Waals surface area contributed by atoms with E-state index in [4.69, 9.17) is 4.74 Å². The Morgan fingerprint density at radius 1 is 0.776 bits per heavy atom. The molecule has 49 heavy (non-hydrogen) atoms. The van der Waals surface area contributed by atoms with Gasteiger partial charge in [0.05, 0.1) is 13.2 Å². The minimum atomic E-state index is -1.59. The maximum Gasteiger partial charge on any atom is 0.251 e. The van der Waals surface area contributed by atoms with Gasteiger partial charge in [-0.1, -0.05) is 72.8 Å². The predicted molar refractivity (Wildman–Crippen MR) is 184 cm³/mol. The Balaban J connectivity index is 1.48. The van der Waals surface area contributed by atoms with Gasteiger partial charge in [0.1, 0.15) is 17.8 Å². The Hall–Kier alpha value is -5.49. The lowest BCUT2D eigenvalue weighted by atomic mass is 9.98. The minimum absolute atomic E-state index is 0.0943. The lowest BCUT2D eigenvalue weighted by Crippen LogP contribution is -2.58. The minimum Gasteiger partial charge on any atom is -0.497 e. The Morgan fingerprint density at radius 3 is 2.02 bits per heavy atom. The third kappa shape index (κ3) is 11.3. The lowest BCUT2D eigenvalue weighted by molar-refractivity contribution is -0.134. The van der Waals surface area contributed by atoms with Crippen molar-refractivity contribution in [3.8, 4) is 5.75 Å². The first-order valence-electron chi connectivity index (χ1n) is 16.2. The molecule has 0 aliphatic carbocycles. The van der Waals surface area contributed by atoms with Crippen molar-refractivity contribution in [2.24, 2.45) is 7.05 Å². The summed E-state index contributed by atoms with van der Waals surface area (Å²) in [6.07, 6.45) is 0.901. The van der Waals surface area contributed by atoms with E-state index in [-0.39, 0.29) is 31.7 Å². The number of carbonyl (C=O) groups excluding carboxylic acids is 4. The van der Waals surface area contributed by atoms with Gasteiger partial charge in [-0.15, -0.1) is 0 Å². The molecule has 0 aliphatic heterocycles. The monoisotopic (exact) mass is 668 g/mol. The number of ether oxygens (including phenoxy) is 1. The van der Waals surface area contributed by atoms with E-state index in [2.05, 4.69) is 26.4 Å². The van der Waals surface area contributed by atoms with Gasteiger partial charge in [-0.25, -0.2) is 0 Å². The molecule has 12 nitrogen and oxygen atoms in total. The summed E-state index contributed by atoms with van der Waals surface area (Å²) in [5.74, 6) is -1.52. The quantitative estimate of drug-likeness (QED) is 0.115. The van der Waals surface area contributed by atoms with Gasteiger partial charge >= 0.3 is 0 Å². The third-order valence-corrected chi connectivity index (χ3v) is 8.12. The first-order valence-corrected chi connectivity index (χ1v) is 16.2. The van der Waals surface area contributed by atoms with Crippen molar-refractivity contribution >= 4 is 23.6 Å². The lowest BCUT2D eigenvalue weighted by Gasteiger charge is -2.27. The van der Waals surface area contributed by atoms with E-state index >= 15 is 0 Å². The van der Waals surface area contributed by atoms with Crippen molar-refractivity contribution in [3.05, 3.63) is 120 Å². The number of amides is 4. The van der Waals surface area contributed by atoms with Crippen molar-refractivity contribution in [2.45, 2.75) is 63.4 Å². The summed E-state index contributed by atoms with van der Waals surface area (Å²) < 4.78 is 6.93. The summed E-state index contributed by atoms with van der Waals surface area (Å²) in [5, 5.41) is 26.4. The number of nitrogens with one attached hydrogen (secondary N) is 4. The van der Waals surface area contributed by atoms with E-state index in [0.717, 1.165) is 22.4 Å². The molecule has 4 amide bonds. The molecule has 3 aromatic carbocycles. The molecule has 4 rings (SSSR count). The van der Waals surface area contributed by atoms with Crippen LogP contribution >= 0.6 is 0 Å². The predicted octanol–water partition coefficient (Wildman–Crippen LogP) is 2.00. The zero-order valence-electron chi connectivity index (χ0n) is 28.0. The van der Waals surface area contributed by atoms with E-state index in [9.17, 15) is 24.3 Å². The van der Waals surface area contributed by atoms with Crippen LogP contribution in [0.25, 0.3) is 0 Å². The fourth-order valence-electron chi connectivity index (χ4n) is 5.24. The molecule has 12 heteroatoms. The summed E-state index contributed by atoms with van der Waals surface area (Å²) in [6.45, 7) is 1.74. The Bertz CT molecular complexity index is 1660. The number of benzene rings is 3. The Kier molecular flexibility index (Phi) is 13.5. The van der Waals surface area contributed by atoms with Crippen LogP contribution in [0, 0.1) is 0 Å². The standard InChI is InChI=1S/C37H44N6O6/c1-25(40-33(44)19-16-29-20-21-39-43(29)2)35(46)42-32(23-27-14-17-30(49-3)18-15-27)36(47)41-31(22-26-10-6-4-7-11-26)34(45)37(48)38-24-28-12-8-5-9-13-28/h4-15,17-18,20-21,25,31-32,34,45H,16,19,22-24H2,1-3H3,(H,38,48)(H,40,44)(H,41,47)(H,42,46)/t25-,31?,32-,34?/m0/s1. The highest BCUT2D eigenvalue weighted by Crippen LogP contribution is 2.14. The molecule has 0 saturated heterocycles. The second-order valence-electron chi connectivity index (χ2n) is 11.8. The summed E-state index contributed by atoms with van der Waals surface area (Å²) in [6, 6.07) is 24.3. The number of aliphatic hydroxyl groups is 1. The highest BCUT2D eigenvalue weighted by Gasteiger charge is 2.32. The average molecular weight is 669 g/mol. The molecule has 4 atom stereocenters. The number of carbonyl (C=O) groups is 4. The van der Waals surface area contributed by atoms with Gasteiger partial charge in [-0.05, 0) is 54.7 Å². The van der Waals surface area contributed by atoms with Crippen molar-refractivity contribution in [3.63, 3.8) is 0 Å². The second-order valence-corrected chi connectivity index (χ2v) is 11.8. The fourth-order valence-corrected chi connectivity index (χ4v) is 5.24. The largest absolute Gasteiger partial charge is 0.497 e. The maximum absolute atomic E-state index is 13.9. The van der Waals surface area contributed by atoms with E-state index < -0.39 is 42.0 Å². The van der Waals surface area contributed by atoms with Crippen molar-refractivity contribution < 1.29 is 29.0 Å². The van der Waals surface area contributed by atoms with Crippen LogP contribution < -0.4 is 26.0 Å². The van der Waals surface area contributed by atoms with Crippen LogP contribution in [0.15, 0.2) is 97.2 Å². The molecule has 4 aromatic rings. The summed E-state index contributed by atoms with van der Waals surface area (Å²) in [4.78, 5) is 53.1. The molecule has 0 radical (unpaired) electrons. The summed E-state index contributed by atoms with van der Waals surface area (Å²) in [5.41, 5.74) is 3.26. The summed E-state index contributed by atoms with van der Waals surface area (Å²) >= 11 is 0. The molecule has 2 unspecified atom stereocenters. The van der Waals surface area contributed by atoms with Crippen LogP contribution in [0.5, 0.6) is 5.75 Å². The van der Waals surface area contributed by atoms with E-state index in [1.165, 1.54) is 0 Å². The molecular formula is C37H44N6O6. The molecule has 0 fully saturated rings. The molecular weight excluding hydrogens is 624 g/mol. The molecule has 5 N–H and O–H groups in total. The highest BCUT2D eigenvalue weighted by atomic mass is 16.5. The fraction of sp³-hybridized carbons (Fsp3) is 0.324. The molecule has 0 bridgehead atoms. The van der Waals surface area contributed by atoms with Crippen molar-refractivity contribution in [2.75, 3.05) is 7.11 Å². The number of hydrogen-bond acceptors (Lipinski definition) is 7. The number of methoxy groups -OCH3 is 1. The highest BCUT2D eigenvalue weighted by molar-refractivity contribution is 5.92. The smallest absolute Gasteiger partial charge is 0.251 e. The first-order chi connectivity index (χ1) is 23.6. The molecule has 0 saturated carbocycles. The number of aliphatic hydroxyl groups excluding tert-OH is 1. The number of hydrogen-bond donors (Lipinski definition) is 5. The van der Waals surface area contributed by atoms with Gasteiger partial charge in [0.25, 0.3) is 5.91 Å². The molecule has 1 heterocycles. The average Bonchev–Trinajstić information content (AvgIpc) is 3.54. The topological polar surface area (TPSA) is 164 Å². The van der Waals surface area contributed by atoms with E-state index in [0.29, 0.717) is 12.2 Å². The van der Waals surface area contributed by atoms with Gasteiger partial charge < -0.3 is 31.1 Å². The van der Waals surface area contributed by atoms with Crippen LogP contribution in [-0.2, 0) is 52.0 Å². The zero-order chi connectivity index (χ0) is 35.2. The van der Waals surface area contributed by atoms with Crippen molar-refractivity contribution in [1.29, 1.82) is 0 Å². The molecule has 0 aliphatic rings. The Labute approximate surface area is 286 Å². The molecule has 258 valence electrons. The summed E-state index contributed by atoms with van der Waals surface area (Å²) in [7, 11) is 3.34. The number of nitrogens with zero attached hydrogens (tertiary/aromatic N) is 2. The van der Waals surface area contributed by atoms with Gasteiger partial charge in [0, 0.05) is 38.3 Å². The van der Waals surface area contributed by atoms with Gasteiger partial charge in [0.15, 0.2) is 6.10 Å². The first kappa shape index (κ1) is 36.3. The number of aromatic nitrogens is 2. The zero-order valence-corrected chi connectivity index (χ0v) is 28.0. The van der Waals surface area contributed by atoms with Crippen LogP contribution in [0.4, 0.5) is 0 Å². The van der Waals surface area contributed by atoms with E-state index in [1.54, 1.807) is 56.2 Å². The van der Waals surface area contributed by atoms with E-state index in [1.807, 2.05) is 66.7 Å². The normalized spacial score (nSPS) is 13.3. The number of rotatable bonds is 17.